The summed E-state index contributed by atoms with van der Waals surface area (Å²) in [6.07, 6.45) is 6.87. The van der Waals surface area contributed by atoms with Gasteiger partial charge in [-0.05, 0) is 93.0 Å². The van der Waals surface area contributed by atoms with Crippen LogP contribution in [0.2, 0.25) is 0 Å². The minimum Gasteiger partial charge on any atom is -0.494 e. The van der Waals surface area contributed by atoms with Crippen molar-refractivity contribution in [2.45, 2.75) is 74.2 Å². The Morgan fingerprint density at radius 3 is 2.20 bits per heavy atom. The molecule has 8 nitrogen and oxygen atoms in total. The molecule has 10 heteroatoms. The van der Waals surface area contributed by atoms with Crippen LogP contribution in [0.4, 0.5) is 5.69 Å². The van der Waals surface area contributed by atoms with Crippen molar-refractivity contribution in [1.82, 2.24) is 10.2 Å². The van der Waals surface area contributed by atoms with Crippen molar-refractivity contribution >= 4 is 39.3 Å². The van der Waals surface area contributed by atoms with Crippen molar-refractivity contribution in [3.8, 4) is 5.75 Å². The molecule has 0 spiro atoms. The summed E-state index contributed by atoms with van der Waals surface area (Å²) in [5.41, 5.74) is 1.36. The third kappa shape index (κ3) is 8.57. The number of thioether (sulfide) groups is 1. The average molecular weight is 638 g/mol. The van der Waals surface area contributed by atoms with Gasteiger partial charge in [0.25, 0.3) is 10.0 Å². The number of nitrogens with zero attached hydrogens (tertiary/aromatic N) is 2. The molecule has 1 saturated carbocycles. The van der Waals surface area contributed by atoms with E-state index in [4.69, 9.17) is 4.74 Å². The maximum Gasteiger partial charge on any atom is 0.264 e. The van der Waals surface area contributed by atoms with Gasteiger partial charge < -0.3 is 15.0 Å². The van der Waals surface area contributed by atoms with E-state index in [1.54, 1.807) is 53.4 Å². The minimum absolute atomic E-state index is 0.0823. The zero-order chi connectivity index (χ0) is 31.5. The minimum atomic E-state index is -4.14. The van der Waals surface area contributed by atoms with Crippen LogP contribution in [0, 0.1) is 0 Å². The molecule has 0 bridgehead atoms. The molecule has 0 unspecified atom stereocenters. The second kappa shape index (κ2) is 16.0. The fourth-order valence-electron chi connectivity index (χ4n) is 5.54. The van der Waals surface area contributed by atoms with E-state index < -0.39 is 28.5 Å². The third-order valence-electron chi connectivity index (χ3n) is 7.93. The highest BCUT2D eigenvalue weighted by atomic mass is 32.2. The summed E-state index contributed by atoms with van der Waals surface area (Å²) in [6.45, 7) is 4.05. The van der Waals surface area contributed by atoms with Crippen LogP contribution in [0.25, 0.3) is 0 Å². The molecule has 0 aliphatic heterocycles. The van der Waals surface area contributed by atoms with Gasteiger partial charge in [0.15, 0.2) is 0 Å². The highest BCUT2D eigenvalue weighted by molar-refractivity contribution is 7.98. The van der Waals surface area contributed by atoms with E-state index in [9.17, 15) is 18.0 Å². The number of benzene rings is 3. The summed E-state index contributed by atoms with van der Waals surface area (Å²) in [5.74, 6) is -0.0279. The number of ether oxygens (including phenoxy) is 1. The number of carbonyl (C=O) groups excluding carboxylic acids is 2. The first-order valence-electron chi connectivity index (χ1n) is 15.3. The monoisotopic (exact) mass is 637 g/mol. The average Bonchev–Trinajstić information content (AvgIpc) is 3.55. The van der Waals surface area contributed by atoms with Crippen LogP contribution in [-0.4, -0.2) is 63.2 Å². The Bertz CT molecular complexity index is 1460. The number of sulfonamides is 1. The molecule has 1 fully saturated rings. The molecule has 3 aromatic carbocycles. The van der Waals surface area contributed by atoms with Crippen LogP contribution in [0.15, 0.2) is 88.7 Å². The molecule has 0 radical (unpaired) electrons. The van der Waals surface area contributed by atoms with Gasteiger partial charge in [-0.2, -0.15) is 0 Å². The van der Waals surface area contributed by atoms with Crippen LogP contribution in [-0.2, 0) is 26.0 Å². The van der Waals surface area contributed by atoms with Gasteiger partial charge in [0, 0.05) is 17.5 Å². The number of hydrogen-bond donors (Lipinski definition) is 1. The molecule has 236 valence electrons. The van der Waals surface area contributed by atoms with Gasteiger partial charge in [0.1, 0.15) is 18.3 Å². The van der Waals surface area contributed by atoms with Crippen molar-refractivity contribution in [2.24, 2.45) is 0 Å². The number of anilines is 1. The highest BCUT2D eigenvalue weighted by Gasteiger charge is 2.34. The SMILES string of the molecule is CCOc1ccc(N(CC(=O)N(CCc2ccccc2)[C@H](CC)C(=O)NC2CCCC2)S(=O)(=O)c2ccc(SC)cc2)cc1. The lowest BCUT2D eigenvalue weighted by molar-refractivity contribution is -0.139. The lowest BCUT2D eigenvalue weighted by Crippen LogP contribution is -2.54. The maximum atomic E-state index is 14.2. The Balaban J connectivity index is 1.68. The molecular formula is C34H43N3O5S2. The van der Waals surface area contributed by atoms with Gasteiger partial charge in [0.2, 0.25) is 11.8 Å². The van der Waals surface area contributed by atoms with E-state index >= 15 is 0 Å². The van der Waals surface area contributed by atoms with Gasteiger partial charge in [-0.3, -0.25) is 13.9 Å². The van der Waals surface area contributed by atoms with Crippen molar-refractivity contribution in [1.29, 1.82) is 0 Å². The summed E-state index contributed by atoms with van der Waals surface area (Å²) in [6, 6.07) is 22.5. The smallest absolute Gasteiger partial charge is 0.264 e. The second-order valence-corrected chi connectivity index (χ2v) is 13.6. The first-order chi connectivity index (χ1) is 21.3. The molecule has 1 N–H and O–H groups in total. The molecule has 1 atom stereocenters. The highest BCUT2D eigenvalue weighted by Crippen LogP contribution is 2.28. The Labute approximate surface area is 266 Å². The molecule has 1 aliphatic carbocycles. The maximum absolute atomic E-state index is 14.2. The fraction of sp³-hybridized carbons (Fsp3) is 0.412. The van der Waals surface area contributed by atoms with Crippen LogP contribution < -0.4 is 14.4 Å². The topological polar surface area (TPSA) is 96.0 Å². The van der Waals surface area contributed by atoms with Crippen LogP contribution in [0.1, 0.15) is 51.5 Å². The molecular weight excluding hydrogens is 595 g/mol. The standard InChI is InChI=1S/C34H43N3O5S2/c1-4-32(34(39)35-27-13-9-10-14-27)36(24-23-26-11-7-6-8-12-26)33(38)25-37(28-15-17-29(18-16-28)42-5-2)44(40,41)31-21-19-30(43-3)20-22-31/h6-8,11-12,15-22,27,32H,4-5,9-10,13-14,23-25H2,1-3H3,(H,35,39)/t32-/m1/s1. The van der Waals surface area contributed by atoms with Gasteiger partial charge in [-0.1, -0.05) is 50.1 Å². The summed E-state index contributed by atoms with van der Waals surface area (Å²) >= 11 is 1.52. The Morgan fingerprint density at radius 1 is 0.955 bits per heavy atom. The van der Waals surface area contributed by atoms with E-state index in [1.807, 2.05) is 50.4 Å². The van der Waals surface area contributed by atoms with Gasteiger partial charge in [-0.15, -0.1) is 11.8 Å². The molecule has 4 rings (SSSR count). The van der Waals surface area contributed by atoms with E-state index in [0.29, 0.717) is 30.9 Å². The van der Waals surface area contributed by atoms with Gasteiger partial charge in [0.05, 0.1) is 17.2 Å². The fourth-order valence-corrected chi connectivity index (χ4v) is 7.36. The number of nitrogens with one attached hydrogen (secondary N) is 1. The Hall–Kier alpha value is -3.50. The van der Waals surface area contributed by atoms with Crippen LogP contribution >= 0.6 is 11.8 Å². The Morgan fingerprint density at radius 2 is 1.61 bits per heavy atom. The van der Waals surface area contributed by atoms with Gasteiger partial charge in [-0.25, -0.2) is 8.42 Å². The third-order valence-corrected chi connectivity index (χ3v) is 10.5. The van der Waals surface area contributed by atoms with E-state index in [1.165, 1.54) is 11.8 Å². The van der Waals surface area contributed by atoms with Gasteiger partial charge >= 0.3 is 0 Å². The molecule has 3 aromatic rings. The summed E-state index contributed by atoms with van der Waals surface area (Å²) < 4.78 is 34.9. The number of rotatable bonds is 15. The quantitative estimate of drug-likeness (QED) is 0.208. The second-order valence-electron chi connectivity index (χ2n) is 10.9. The molecule has 0 aromatic heterocycles. The molecule has 2 amide bonds. The first-order valence-corrected chi connectivity index (χ1v) is 18.0. The van der Waals surface area contributed by atoms with E-state index in [0.717, 1.165) is 40.4 Å². The molecule has 1 aliphatic rings. The lowest BCUT2D eigenvalue weighted by atomic mass is 10.1. The van der Waals surface area contributed by atoms with Crippen LogP contribution in [0.5, 0.6) is 5.75 Å². The molecule has 44 heavy (non-hydrogen) atoms. The summed E-state index contributed by atoms with van der Waals surface area (Å²) in [4.78, 5) is 30.4. The normalized spacial score (nSPS) is 14.2. The zero-order valence-electron chi connectivity index (χ0n) is 25.8. The number of carbonyl (C=O) groups is 2. The number of hydrogen-bond acceptors (Lipinski definition) is 6. The van der Waals surface area contributed by atoms with Crippen molar-refractivity contribution in [3.63, 3.8) is 0 Å². The zero-order valence-corrected chi connectivity index (χ0v) is 27.4. The van der Waals surface area contributed by atoms with Crippen LogP contribution in [0.3, 0.4) is 0 Å². The summed E-state index contributed by atoms with van der Waals surface area (Å²) in [7, 11) is -4.14. The predicted octanol–water partition coefficient (Wildman–Crippen LogP) is 5.91. The van der Waals surface area contributed by atoms with E-state index in [2.05, 4.69) is 5.32 Å². The lowest BCUT2D eigenvalue weighted by Gasteiger charge is -2.33. The largest absolute Gasteiger partial charge is 0.494 e. The molecule has 0 heterocycles. The van der Waals surface area contributed by atoms with Crippen molar-refractivity contribution < 1.29 is 22.7 Å². The van der Waals surface area contributed by atoms with E-state index in [-0.39, 0.29) is 23.4 Å². The predicted molar refractivity (Wildman–Crippen MR) is 177 cm³/mol. The number of amides is 2. The Kier molecular flexibility index (Phi) is 12.1. The summed E-state index contributed by atoms with van der Waals surface area (Å²) in [5, 5.41) is 3.15. The van der Waals surface area contributed by atoms with Crippen molar-refractivity contribution in [3.05, 3.63) is 84.4 Å². The van der Waals surface area contributed by atoms with Crippen molar-refractivity contribution in [2.75, 3.05) is 30.3 Å². The molecule has 0 saturated heterocycles. The first kappa shape index (κ1) is 33.4.